The van der Waals surface area contributed by atoms with E-state index in [1.54, 1.807) is 6.07 Å². The van der Waals surface area contributed by atoms with E-state index in [1.165, 1.54) is 13.5 Å². The van der Waals surface area contributed by atoms with Crippen LogP contribution in [0.15, 0.2) is 12.1 Å². The molecule has 4 aliphatic rings. The first-order valence-corrected chi connectivity index (χ1v) is 12.4. The molecule has 180 valence electrons. The summed E-state index contributed by atoms with van der Waals surface area (Å²) in [6.45, 7) is 2.41. The molecule has 1 amide bonds. The van der Waals surface area contributed by atoms with E-state index in [-0.39, 0.29) is 29.2 Å². The fourth-order valence-electron chi connectivity index (χ4n) is 6.86. The highest BCUT2D eigenvalue weighted by molar-refractivity contribution is 5.88. The normalized spacial score (nSPS) is 30.9. The maximum Gasteiger partial charge on any atom is 0.335 e. The summed E-state index contributed by atoms with van der Waals surface area (Å²) in [6, 6.07) is 2.63. The number of carbonyl (C=O) groups excluding carboxylic acids is 1. The van der Waals surface area contributed by atoms with Gasteiger partial charge in [0.2, 0.25) is 0 Å². The summed E-state index contributed by atoms with van der Waals surface area (Å²) in [7, 11) is 1.44. The van der Waals surface area contributed by atoms with Crippen LogP contribution in [0.1, 0.15) is 79.6 Å². The number of methoxy groups -OCH3 is 1. The summed E-state index contributed by atoms with van der Waals surface area (Å²) in [4.78, 5) is 26.1. The molecule has 4 fully saturated rings. The van der Waals surface area contributed by atoms with Crippen molar-refractivity contribution >= 4 is 11.9 Å². The summed E-state index contributed by atoms with van der Waals surface area (Å²) in [5.41, 5.74) is 1.08. The maximum atomic E-state index is 14.4. The largest absolute Gasteiger partial charge is 0.493 e. The molecule has 2 saturated heterocycles. The van der Waals surface area contributed by atoms with Gasteiger partial charge in [-0.1, -0.05) is 0 Å². The van der Waals surface area contributed by atoms with E-state index >= 15 is 0 Å². The average Bonchev–Trinajstić information content (AvgIpc) is 3.24. The van der Waals surface area contributed by atoms with Crippen LogP contribution < -0.4 is 4.74 Å². The Balaban J connectivity index is 1.17. The minimum absolute atomic E-state index is 0.0177. The number of carbonyl (C=O) groups is 2. The minimum Gasteiger partial charge on any atom is -0.493 e. The number of ether oxygens (including phenoxy) is 2. The van der Waals surface area contributed by atoms with Gasteiger partial charge in [0, 0.05) is 25.3 Å². The lowest BCUT2D eigenvalue weighted by Gasteiger charge is -2.36. The number of carboxylic acids is 1. The fourth-order valence-corrected chi connectivity index (χ4v) is 6.86. The molecule has 2 aliphatic carbocycles. The molecule has 1 aromatic rings. The second-order valence-corrected chi connectivity index (χ2v) is 10.5. The van der Waals surface area contributed by atoms with Crippen molar-refractivity contribution in [3.63, 3.8) is 0 Å². The number of nitrogens with zero attached hydrogens (tertiary/aromatic N) is 1. The van der Waals surface area contributed by atoms with Gasteiger partial charge in [0.05, 0.1) is 12.7 Å². The van der Waals surface area contributed by atoms with E-state index < -0.39 is 11.8 Å². The van der Waals surface area contributed by atoms with E-state index in [9.17, 15) is 19.1 Å². The smallest absolute Gasteiger partial charge is 0.335 e. The Labute approximate surface area is 194 Å². The molecular formula is C26H34FNO5. The van der Waals surface area contributed by atoms with Crippen LogP contribution in [-0.4, -0.2) is 54.8 Å². The van der Waals surface area contributed by atoms with Crippen LogP contribution in [0.2, 0.25) is 0 Å². The molecule has 2 atom stereocenters. The van der Waals surface area contributed by atoms with Crippen molar-refractivity contribution in [1.82, 2.24) is 4.90 Å². The van der Waals surface area contributed by atoms with Gasteiger partial charge in [-0.2, -0.15) is 0 Å². The Hall–Kier alpha value is -2.15. The van der Waals surface area contributed by atoms with E-state index in [4.69, 9.17) is 9.47 Å². The first kappa shape index (κ1) is 22.6. The van der Waals surface area contributed by atoms with Crippen molar-refractivity contribution in [2.75, 3.05) is 26.8 Å². The average molecular weight is 460 g/mol. The van der Waals surface area contributed by atoms with Gasteiger partial charge >= 0.3 is 5.97 Å². The number of hydrogen-bond donors (Lipinski definition) is 1. The lowest BCUT2D eigenvalue weighted by atomic mass is 9.74. The number of likely N-dealkylation sites (tertiary alicyclic amines) is 1. The molecule has 5 rings (SSSR count). The minimum atomic E-state index is -1.12. The number of piperidine rings is 1. The third-order valence-electron chi connectivity index (χ3n) is 8.83. The lowest BCUT2D eigenvalue weighted by molar-refractivity contribution is -0.142. The van der Waals surface area contributed by atoms with Gasteiger partial charge in [-0.3, -0.25) is 4.79 Å². The van der Waals surface area contributed by atoms with Gasteiger partial charge in [0.25, 0.3) is 5.91 Å². The van der Waals surface area contributed by atoms with Gasteiger partial charge in [-0.25, -0.2) is 9.18 Å². The second kappa shape index (κ2) is 8.90. The molecule has 1 spiro atoms. The summed E-state index contributed by atoms with van der Waals surface area (Å²) in [5.74, 6) is 0.184. The van der Waals surface area contributed by atoms with Crippen LogP contribution in [0.3, 0.4) is 0 Å². The van der Waals surface area contributed by atoms with Crippen LogP contribution in [0, 0.1) is 23.1 Å². The molecule has 0 aromatic heterocycles. The van der Waals surface area contributed by atoms with Crippen molar-refractivity contribution < 1.29 is 28.6 Å². The topological polar surface area (TPSA) is 76.1 Å². The number of rotatable bonds is 5. The Kier molecular flexibility index (Phi) is 6.10. The molecule has 6 nitrogen and oxygen atoms in total. The second-order valence-electron chi connectivity index (χ2n) is 10.5. The fraction of sp³-hybridized carbons (Fsp3) is 0.692. The molecule has 0 bridgehead atoms. The summed E-state index contributed by atoms with van der Waals surface area (Å²) in [6.07, 6.45) is 9.09. The summed E-state index contributed by atoms with van der Waals surface area (Å²) in [5, 5.41) is 9.34. The molecule has 2 aliphatic heterocycles. The maximum absolute atomic E-state index is 14.4. The monoisotopic (exact) mass is 459 g/mol. The van der Waals surface area contributed by atoms with Crippen molar-refractivity contribution in [3.05, 3.63) is 29.1 Å². The Morgan fingerprint density at radius 2 is 1.88 bits per heavy atom. The van der Waals surface area contributed by atoms with Gasteiger partial charge in [0.1, 0.15) is 6.10 Å². The molecule has 2 heterocycles. The highest BCUT2D eigenvalue weighted by Gasteiger charge is 2.58. The zero-order valence-corrected chi connectivity index (χ0v) is 19.4. The molecule has 2 saturated carbocycles. The SMILES string of the molecule is COc1c(F)cc(C(=O)O)cc1C1CCC([C@H]2CC23CCN(C(=O)[C@H]2CCCO2)CC3)CC1. The highest BCUT2D eigenvalue weighted by Crippen LogP contribution is 2.65. The zero-order valence-electron chi connectivity index (χ0n) is 19.4. The van der Waals surface area contributed by atoms with Crippen LogP contribution in [-0.2, 0) is 9.53 Å². The number of halogens is 1. The van der Waals surface area contributed by atoms with Crippen LogP contribution in [0.25, 0.3) is 0 Å². The van der Waals surface area contributed by atoms with Crippen LogP contribution in [0.5, 0.6) is 5.75 Å². The third-order valence-corrected chi connectivity index (χ3v) is 8.83. The quantitative estimate of drug-likeness (QED) is 0.696. The predicted octanol–water partition coefficient (Wildman–Crippen LogP) is 4.61. The Bertz CT molecular complexity index is 912. The summed E-state index contributed by atoms with van der Waals surface area (Å²) >= 11 is 0. The Morgan fingerprint density at radius 3 is 2.48 bits per heavy atom. The number of amides is 1. The predicted molar refractivity (Wildman–Crippen MR) is 120 cm³/mol. The van der Waals surface area contributed by atoms with Gasteiger partial charge in [-0.05, 0) is 93.1 Å². The van der Waals surface area contributed by atoms with Gasteiger partial charge in [-0.15, -0.1) is 0 Å². The van der Waals surface area contributed by atoms with Crippen molar-refractivity contribution in [3.8, 4) is 5.75 Å². The highest BCUT2D eigenvalue weighted by atomic mass is 19.1. The molecule has 7 heteroatoms. The first-order valence-electron chi connectivity index (χ1n) is 12.4. The third kappa shape index (κ3) is 4.25. The number of hydrogen-bond acceptors (Lipinski definition) is 4. The van der Waals surface area contributed by atoms with E-state index in [0.29, 0.717) is 23.5 Å². The molecule has 0 radical (unpaired) electrons. The molecule has 33 heavy (non-hydrogen) atoms. The molecular weight excluding hydrogens is 425 g/mol. The standard InChI is InChI=1S/C26H34FNO5/c1-32-23-19(13-18(25(30)31)14-21(23)27)16-4-6-17(7-5-16)20-15-26(20)8-10-28(11-9-26)24(29)22-3-2-12-33-22/h13-14,16-17,20,22H,2-12,15H2,1H3,(H,30,31)/t16?,17?,20-,22-/m1/s1. The number of aromatic carboxylic acids is 1. The lowest BCUT2D eigenvalue weighted by Crippen LogP contribution is -2.44. The first-order chi connectivity index (χ1) is 15.9. The van der Waals surface area contributed by atoms with Crippen LogP contribution >= 0.6 is 0 Å². The van der Waals surface area contributed by atoms with Gasteiger partial charge < -0.3 is 19.5 Å². The number of benzene rings is 1. The van der Waals surface area contributed by atoms with Crippen LogP contribution in [0.4, 0.5) is 4.39 Å². The zero-order chi connectivity index (χ0) is 23.2. The molecule has 1 aromatic carbocycles. The van der Waals surface area contributed by atoms with Crippen molar-refractivity contribution in [2.24, 2.45) is 17.3 Å². The van der Waals surface area contributed by atoms with E-state index in [2.05, 4.69) is 0 Å². The van der Waals surface area contributed by atoms with Gasteiger partial charge in [0.15, 0.2) is 11.6 Å². The number of carboxylic acid groups (broad SMARTS) is 1. The van der Waals surface area contributed by atoms with Crippen molar-refractivity contribution in [1.29, 1.82) is 0 Å². The van der Waals surface area contributed by atoms with E-state index in [1.807, 2.05) is 4.90 Å². The van der Waals surface area contributed by atoms with E-state index in [0.717, 1.165) is 76.4 Å². The van der Waals surface area contributed by atoms with Crippen molar-refractivity contribution in [2.45, 2.75) is 69.8 Å². The molecule has 1 N–H and O–H groups in total. The Morgan fingerprint density at radius 1 is 1.15 bits per heavy atom. The summed E-state index contributed by atoms with van der Waals surface area (Å²) < 4.78 is 25.3. The molecule has 0 unspecified atom stereocenters.